The van der Waals surface area contributed by atoms with Crippen LogP contribution in [-0.2, 0) is 21.7 Å². The van der Waals surface area contributed by atoms with Crippen LogP contribution < -0.4 is 20.6 Å². The van der Waals surface area contributed by atoms with Crippen molar-refractivity contribution >= 4 is 77.7 Å². The molecule has 13 rings (SSSR count). The average molecular weight is 793 g/mol. The lowest BCUT2D eigenvalue weighted by Crippen LogP contribution is -2.62. The van der Waals surface area contributed by atoms with Gasteiger partial charge < -0.3 is 9.71 Å². The van der Waals surface area contributed by atoms with Crippen LogP contribution in [0.15, 0.2) is 127 Å². The van der Waals surface area contributed by atoms with Crippen LogP contribution in [0, 0.1) is 0 Å². The Morgan fingerprint density at radius 1 is 0.483 bits per heavy atom. The number of hydrogen-bond donors (Lipinski definition) is 0. The fraction of sp³-hybridized carbons (Fsp3) is 0.250. The Kier molecular flexibility index (Phi) is 6.58. The molecule has 3 aliphatic heterocycles. The maximum Gasteiger partial charge on any atom is 0.333 e. The Bertz CT molecular complexity index is 3250. The van der Waals surface area contributed by atoms with Crippen molar-refractivity contribution in [3.63, 3.8) is 0 Å². The topological polar surface area (TPSA) is 6.48 Å². The summed E-state index contributed by atoms with van der Waals surface area (Å²) in [7, 11) is 0. The maximum atomic E-state index is 2.78. The van der Waals surface area contributed by atoms with E-state index in [1.807, 2.05) is 11.3 Å². The zero-order valence-electron chi connectivity index (χ0n) is 35.9. The van der Waals surface area contributed by atoms with Gasteiger partial charge in [0.05, 0.1) is 5.69 Å². The summed E-state index contributed by atoms with van der Waals surface area (Å²) in [4.78, 5) is 5.46. The van der Waals surface area contributed by atoms with Crippen LogP contribution in [0.3, 0.4) is 0 Å². The largest absolute Gasteiger partial charge is 0.376 e. The standard InChI is InChI=1S/C56H49BN2S/c1-53(2)26-27-54(3,4)41-28-32(24-25-38(41)53)59-45-31-48-35(33-16-10-14-23-47(33)60-48)29-36(45)50-49-34-17-9-11-18-37(34)55(5,6)42(49)30-46-51(50)57(59)43-21-15-20-40-52(43)58(46)44-22-13-12-19-39(44)56(40,7)8/h9-25,28-31H,26-27H2,1-8H3. The van der Waals surface area contributed by atoms with Gasteiger partial charge in [-0.2, -0.15) is 0 Å². The predicted octanol–water partition coefficient (Wildman–Crippen LogP) is 14.1. The number of fused-ring (bicyclic) bond motifs is 14. The Morgan fingerprint density at radius 2 is 1.18 bits per heavy atom. The zero-order valence-corrected chi connectivity index (χ0v) is 36.7. The van der Waals surface area contributed by atoms with Crippen molar-refractivity contribution in [2.45, 2.75) is 89.9 Å². The van der Waals surface area contributed by atoms with E-state index in [4.69, 9.17) is 0 Å². The second-order valence-corrected chi connectivity index (χ2v) is 21.8. The van der Waals surface area contributed by atoms with Crippen LogP contribution in [0.1, 0.15) is 102 Å². The van der Waals surface area contributed by atoms with Gasteiger partial charge in [-0.25, -0.2) is 0 Å². The average Bonchev–Trinajstić information content (AvgIpc) is 3.72. The smallest absolute Gasteiger partial charge is 0.333 e. The minimum absolute atomic E-state index is 0.0412. The molecule has 8 aromatic rings. The van der Waals surface area contributed by atoms with Crippen LogP contribution in [0.4, 0.5) is 28.4 Å². The molecule has 5 aliphatic rings. The third kappa shape index (κ3) is 4.21. The van der Waals surface area contributed by atoms with Crippen molar-refractivity contribution in [2.24, 2.45) is 0 Å². The number of anilines is 5. The molecule has 1 aromatic heterocycles. The first-order valence-electron chi connectivity index (χ1n) is 22.0. The van der Waals surface area contributed by atoms with Gasteiger partial charge in [0.2, 0.25) is 0 Å². The number of nitrogens with zero attached hydrogens (tertiary/aromatic N) is 2. The normalized spacial score (nSPS) is 18.6. The minimum atomic E-state index is -0.174. The molecule has 2 nitrogen and oxygen atoms in total. The molecule has 0 amide bonds. The highest BCUT2D eigenvalue weighted by molar-refractivity contribution is 7.25. The molecule has 0 radical (unpaired) electrons. The predicted molar refractivity (Wildman–Crippen MR) is 258 cm³/mol. The van der Waals surface area contributed by atoms with Gasteiger partial charge in [0.25, 0.3) is 0 Å². The summed E-state index contributed by atoms with van der Waals surface area (Å²) in [6.45, 7) is 19.6. The molecule has 4 heteroatoms. The van der Waals surface area contributed by atoms with Gasteiger partial charge in [-0.3, -0.25) is 0 Å². The van der Waals surface area contributed by atoms with E-state index in [2.05, 4.69) is 192 Å². The molecule has 0 atom stereocenters. The molecule has 292 valence electrons. The zero-order chi connectivity index (χ0) is 40.8. The van der Waals surface area contributed by atoms with Gasteiger partial charge in [-0.1, -0.05) is 140 Å². The Balaban J connectivity index is 1.23. The van der Waals surface area contributed by atoms with Crippen molar-refractivity contribution in [1.29, 1.82) is 0 Å². The first-order valence-corrected chi connectivity index (χ1v) is 22.8. The highest BCUT2D eigenvalue weighted by Crippen LogP contribution is 2.61. The Morgan fingerprint density at radius 3 is 2.02 bits per heavy atom. The highest BCUT2D eigenvalue weighted by atomic mass is 32.1. The first kappa shape index (κ1) is 35.2. The van der Waals surface area contributed by atoms with E-state index in [9.17, 15) is 0 Å². The van der Waals surface area contributed by atoms with Crippen molar-refractivity contribution in [3.05, 3.63) is 161 Å². The highest BCUT2D eigenvalue weighted by Gasteiger charge is 2.52. The van der Waals surface area contributed by atoms with Crippen LogP contribution in [0.2, 0.25) is 0 Å². The van der Waals surface area contributed by atoms with E-state index in [1.54, 1.807) is 0 Å². The van der Waals surface area contributed by atoms with Crippen molar-refractivity contribution in [2.75, 3.05) is 9.71 Å². The number of rotatable bonds is 1. The summed E-state index contributed by atoms with van der Waals surface area (Å²) >= 11 is 1.93. The molecule has 2 aliphatic carbocycles. The summed E-state index contributed by atoms with van der Waals surface area (Å²) in [5, 5.41) is 2.69. The lowest BCUT2D eigenvalue weighted by molar-refractivity contribution is 0.332. The molecule has 7 aromatic carbocycles. The summed E-state index contributed by atoms with van der Waals surface area (Å²) in [5.74, 6) is 0. The SMILES string of the molecule is CC1(C)CCC(C)(C)c2cc(N3B4c5cccc6c5N(c5ccccc5C6(C)C)c5cc6c(c(c54)-c4cc5c(cc43)sc3ccccc35)-c3ccccc3C6(C)C)ccc21. The maximum absolute atomic E-state index is 2.78. The fourth-order valence-corrected chi connectivity index (χ4v) is 13.7. The summed E-state index contributed by atoms with van der Waals surface area (Å²) < 4.78 is 2.69. The molecule has 60 heavy (non-hydrogen) atoms. The monoisotopic (exact) mass is 792 g/mol. The number of thiophene rings is 1. The van der Waals surface area contributed by atoms with Crippen LogP contribution in [0.25, 0.3) is 42.4 Å². The van der Waals surface area contributed by atoms with Crippen molar-refractivity contribution in [1.82, 2.24) is 0 Å². The number of hydrogen-bond acceptors (Lipinski definition) is 3. The second kappa shape index (κ2) is 11.2. The van der Waals surface area contributed by atoms with Crippen molar-refractivity contribution < 1.29 is 0 Å². The van der Waals surface area contributed by atoms with Gasteiger partial charge in [0.1, 0.15) is 0 Å². The van der Waals surface area contributed by atoms with Crippen molar-refractivity contribution in [3.8, 4) is 22.3 Å². The molecule has 0 unspecified atom stereocenters. The number of benzene rings is 7. The molecule has 0 fully saturated rings. The van der Waals surface area contributed by atoms with Crippen LogP contribution >= 0.6 is 11.3 Å². The van der Waals surface area contributed by atoms with Gasteiger partial charge >= 0.3 is 6.85 Å². The first-order chi connectivity index (χ1) is 28.8. The molecule has 0 N–H and O–H groups in total. The Hall–Kier alpha value is -5.58. The second-order valence-electron chi connectivity index (χ2n) is 20.7. The quantitative estimate of drug-likeness (QED) is 0.153. The molecular formula is C56H49BN2S. The summed E-state index contributed by atoms with van der Waals surface area (Å²) in [6.07, 6.45) is 2.39. The fourth-order valence-electron chi connectivity index (χ4n) is 12.6. The molecule has 0 spiro atoms. The van der Waals surface area contributed by atoms with E-state index < -0.39 is 0 Å². The van der Waals surface area contributed by atoms with Gasteiger partial charge in [-0.15, -0.1) is 11.3 Å². The third-order valence-electron chi connectivity index (χ3n) is 15.9. The molecule has 4 heterocycles. The van der Waals surface area contributed by atoms with Crippen LogP contribution in [0.5, 0.6) is 0 Å². The number of para-hydroxylation sites is 2. The summed E-state index contributed by atoms with van der Waals surface area (Å²) in [6, 6.07) is 50.1. The van der Waals surface area contributed by atoms with E-state index in [1.165, 1.54) is 128 Å². The molecule has 0 saturated heterocycles. The molecule has 0 saturated carbocycles. The van der Waals surface area contributed by atoms with E-state index >= 15 is 0 Å². The van der Waals surface area contributed by atoms with Gasteiger partial charge in [-0.05, 0) is 127 Å². The Labute approximate surface area is 358 Å². The van der Waals surface area contributed by atoms with Crippen LogP contribution in [-0.4, -0.2) is 6.85 Å². The van der Waals surface area contributed by atoms with Gasteiger partial charge in [0, 0.05) is 59.3 Å². The molecular weight excluding hydrogens is 744 g/mol. The lowest BCUT2D eigenvalue weighted by atomic mass is 9.42. The minimum Gasteiger partial charge on any atom is -0.376 e. The lowest BCUT2D eigenvalue weighted by Gasteiger charge is -2.51. The molecule has 0 bridgehead atoms. The van der Waals surface area contributed by atoms with Gasteiger partial charge in [0.15, 0.2) is 0 Å². The third-order valence-corrected chi connectivity index (χ3v) is 17.0. The summed E-state index contributed by atoms with van der Waals surface area (Å²) in [5.41, 5.74) is 23.4. The van der Waals surface area contributed by atoms with E-state index in [-0.39, 0.29) is 28.5 Å². The van der Waals surface area contributed by atoms with E-state index in [0.29, 0.717) is 0 Å². The van der Waals surface area contributed by atoms with E-state index in [0.717, 1.165) is 0 Å².